The second-order valence-corrected chi connectivity index (χ2v) is 0.204. The van der Waals surface area contributed by atoms with E-state index in [9.17, 15) is 0 Å². The minimum atomic E-state index is 0. The first-order chi connectivity index (χ1) is 1.41. The molecular formula is C3H3Rf-. The van der Waals surface area contributed by atoms with Crippen molar-refractivity contribution in [2.45, 2.75) is 0 Å². The van der Waals surface area contributed by atoms with E-state index in [1.807, 2.05) is 5.73 Å². The van der Waals surface area contributed by atoms with Gasteiger partial charge in [0.15, 0.2) is 0 Å². The predicted molar refractivity (Wildman–Crippen MR) is 13.4 cm³/mol. The smallest absolute Gasteiger partial charge is 0 e. The molecule has 0 aliphatic rings. The van der Waals surface area contributed by atoms with Crippen LogP contribution in [-0.2, 0) is 0 Å². The van der Waals surface area contributed by atoms with Gasteiger partial charge in [-0.2, -0.15) is 0 Å². The molecule has 4 heavy (non-hydrogen) atoms. The van der Waals surface area contributed by atoms with E-state index in [0.717, 1.165) is 0 Å². The summed E-state index contributed by atoms with van der Waals surface area (Å²) in [6.07, 6.45) is 0. The summed E-state index contributed by atoms with van der Waals surface area (Å²) in [5, 5.41) is 0. The van der Waals surface area contributed by atoms with Gasteiger partial charge in [-0.15, -0.1) is 0 Å². The molecule has 0 aromatic carbocycles. The first-order valence-electron chi connectivity index (χ1n) is 0.642. The van der Waals surface area contributed by atoms with Gasteiger partial charge in [0.2, 0.25) is 0 Å². The van der Waals surface area contributed by atoms with E-state index in [4.69, 9.17) is 0 Å². The summed E-state index contributed by atoms with van der Waals surface area (Å²) in [6.45, 7) is 7.50. The van der Waals surface area contributed by atoms with Crippen LogP contribution in [-0.4, -0.2) is 0 Å². The van der Waals surface area contributed by atoms with E-state index in [0.29, 0.717) is 0 Å². The van der Waals surface area contributed by atoms with Crippen LogP contribution in [0.2, 0.25) is 0 Å². The summed E-state index contributed by atoms with van der Waals surface area (Å²) >= 11 is 0. The molecule has 0 N–H and O–H groups in total. The third-order valence-electron chi connectivity index (χ3n) is 0. The van der Waals surface area contributed by atoms with Gasteiger partial charge in [-0.3, -0.25) is 0 Å². The molecule has 0 aromatic heterocycles. The zero-order chi connectivity index (χ0) is 2.71. The molecule has 0 rings (SSSR count). The molecule has 0 fully saturated rings. The van der Waals surface area contributed by atoms with Crippen molar-refractivity contribution in [2.75, 3.05) is 0 Å². The van der Waals surface area contributed by atoms with Crippen molar-refractivity contribution < 1.29 is 0 Å². The van der Waals surface area contributed by atoms with E-state index >= 15 is 0 Å². The number of rotatable bonds is 0. The normalized spacial score (nSPS) is 2.00. The van der Waals surface area contributed by atoms with Crippen molar-refractivity contribution in [2.24, 2.45) is 0 Å². The first kappa shape index (κ1) is 21.5. The van der Waals surface area contributed by atoms with Gasteiger partial charge in [-0.1, -0.05) is 0 Å². The number of hydrogen-bond donors (Lipinski definition) is 0. The van der Waals surface area contributed by atoms with Gasteiger partial charge in [-0.25, -0.2) is 13.2 Å². The Bertz CT molecular complexity index is 24.3. The SMILES string of the molecule is [CH-]=C=C.[Rf]. The van der Waals surface area contributed by atoms with Gasteiger partial charge in [0.05, 0.1) is 0 Å². The van der Waals surface area contributed by atoms with Crippen LogP contribution < -0.4 is 0 Å². The van der Waals surface area contributed by atoms with E-state index in [-0.39, 0.29) is 0 Å². The average molecular weight is 306 g/mol. The summed E-state index contributed by atoms with van der Waals surface area (Å²) in [5.74, 6) is 0. The Labute approximate surface area is 20.1 Å². The van der Waals surface area contributed by atoms with Gasteiger partial charge in [0.1, 0.15) is 0 Å². The van der Waals surface area contributed by atoms with Crippen LogP contribution in [0, 0.1) is 6.58 Å². The number of hydrogen-bond acceptors (Lipinski definition) is 0. The Morgan fingerprint density at radius 1 is 1.75 bits per heavy atom. The molecule has 0 unspecified atom stereocenters. The van der Waals surface area contributed by atoms with E-state index in [1.165, 1.54) is 0 Å². The molecule has 0 radical (unpaired) electrons. The molecule has 0 aliphatic heterocycles. The van der Waals surface area contributed by atoms with Gasteiger partial charge >= 0.3 is 0 Å². The second-order valence-electron chi connectivity index (χ2n) is 0.204. The van der Waals surface area contributed by atoms with Crippen LogP contribution in [0.25, 0.3) is 0 Å². The topological polar surface area (TPSA) is 0 Å². The van der Waals surface area contributed by atoms with Crippen molar-refractivity contribution in [3.8, 4) is 0 Å². The summed E-state index contributed by atoms with van der Waals surface area (Å²) < 4.78 is 0. The Morgan fingerprint density at radius 2 is 1.75 bits per heavy atom. The molecule has 0 aliphatic carbocycles. The Morgan fingerprint density at radius 3 is 1.75 bits per heavy atom. The third kappa shape index (κ3) is 0.0547. The van der Waals surface area contributed by atoms with Crippen LogP contribution >= 0.6 is 0 Å². The van der Waals surface area contributed by atoms with Crippen LogP contribution in [0.3, 0.4) is 0 Å². The summed E-state index contributed by atoms with van der Waals surface area (Å²) in [4.78, 5) is 0. The molecule has 0 nitrogen and oxygen atoms in total. The third-order valence-corrected chi connectivity index (χ3v) is 0. The maximum absolute atomic E-state index is 4.49. The van der Waals surface area contributed by atoms with Gasteiger partial charge in [0.25, 0.3) is 0 Å². The van der Waals surface area contributed by atoms with E-state index in [2.05, 4.69) is 13.2 Å². The fourth-order valence-electron chi connectivity index (χ4n) is 0. The quantitative estimate of drug-likeness (QED) is 0.458. The molecule has 0 saturated heterocycles. The van der Waals surface area contributed by atoms with Gasteiger partial charge in [-0.05, 0) is 0 Å². The minimum Gasteiger partial charge on any atom is -0.342 e. The van der Waals surface area contributed by atoms with Gasteiger partial charge < -0.3 is 5.73 Å². The maximum Gasteiger partial charge on any atom is 0 e. The minimum absolute atomic E-state index is 0. The van der Waals surface area contributed by atoms with Crippen LogP contribution in [0.15, 0.2) is 12.3 Å². The molecule has 0 spiro atoms. The summed E-state index contributed by atoms with van der Waals surface area (Å²) in [7, 11) is 0. The molecule has 0 saturated carbocycles. The zero-order valence-electron chi connectivity index (χ0n) is 2.49. The molecule has 1 heteroatoms. The Kier molecular flexibility index (Phi) is 9.60. The average Bonchev–Trinajstić information content (AvgIpc) is 0.918. The molecule has 0 heterocycles. The van der Waals surface area contributed by atoms with Crippen LogP contribution in [0.4, 0.5) is 0 Å². The Balaban J connectivity index is 0. The van der Waals surface area contributed by atoms with Crippen molar-refractivity contribution in [3.05, 3.63) is 18.9 Å². The fraction of sp³-hybridized carbons (Fsp3) is 0. The monoisotopic (exact) mass is 306 g/mol. The largest absolute Gasteiger partial charge is 0.342 e. The van der Waals surface area contributed by atoms with E-state index in [1.54, 1.807) is 0 Å². The van der Waals surface area contributed by atoms with Crippen molar-refractivity contribution >= 4 is 0 Å². The first-order valence-corrected chi connectivity index (χ1v) is 0.642. The zero-order valence-corrected chi connectivity index (χ0v) is 8.89. The Hall–Kier alpha value is -1.48. The molecule has 0 amide bonds. The van der Waals surface area contributed by atoms with Crippen molar-refractivity contribution in [1.82, 2.24) is 0 Å². The second kappa shape index (κ2) is 1.78. The summed E-state index contributed by atoms with van der Waals surface area (Å²) in [5.41, 5.74) is 2.00. The molecule has 0 atom stereocenters. The molecule has 18 valence electrons. The van der Waals surface area contributed by atoms with Crippen molar-refractivity contribution in [3.63, 3.8) is 0 Å². The predicted octanol–water partition coefficient (Wildman–Crippen LogP) is 0.760. The van der Waals surface area contributed by atoms with Crippen LogP contribution in [0.5, 0.6) is 0 Å². The molecular weight excluding hydrogens is 303 g/mol. The van der Waals surface area contributed by atoms with E-state index < -0.39 is 0 Å². The standard InChI is InChI=1S/C3H3.Rf/c1-3-2;/h1H,2H2;/q-1;. The van der Waals surface area contributed by atoms with Crippen molar-refractivity contribution in [1.29, 1.82) is 0 Å². The van der Waals surface area contributed by atoms with Gasteiger partial charge in [0, 0.05) is 0 Å². The summed E-state index contributed by atoms with van der Waals surface area (Å²) in [6, 6.07) is 0. The fourth-order valence-corrected chi connectivity index (χ4v) is 0. The van der Waals surface area contributed by atoms with Crippen LogP contribution in [0.1, 0.15) is 0 Å². The molecule has 0 aromatic rings. The molecule has 0 bridgehead atoms. The maximum atomic E-state index is 4.49.